The highest BCUT2D eigenvalue weighted by Gasteiger charge is 2.31. The SMILES string of the molecule is CC(C)(C)c1ccc(C2=c3sc4c5c(sc4c3-c3ccccc32)=C(c2ccc(C(C)(C)C)cc2)c2ccccc2-5)cc1. The molecule has 0 bridgehead atoms. The van der Waals surface area contributed by atoms with Gasteiger partial charge in [-0.1, -0.05) is 139 Å². The second kappa shape index (κ2) is 8.89. The Balaban J connectivity index is 1.41. The Bertz CT molecular complexity index is 2010. The normalized spacial score (nSPS) is 13.9. The van der Waals surface area contributed by atoms with Crippen LogP contribution in [0.3, 0.4) is 0 Å². The van der Waals surface area contributed by atoms with Gasteiger partial charge >= 0.3 is 0 Å². The van der Waals surface area contributed by atoms with Crippen molar-refractivity contribution in [3.05, 3.63) is 140 Å². The van der Waals surface area contributed by atoms with E-state index in [1.54, 1.807) is 0 Å². The van der Waals surface area contributed by atoms with Crippen molar-refractivity contribution in [2.45, 2.75) is 52.4 Å². The molecule has 0 saturated carbocycles. The molecule has 6 aromatic rings. The zero-order valence-electron chi connectivity index (χ0n) is 25.1. The third-order valence-electron chi connectivity index (χ3n) is 8.99. The minimum absolute atomic E-state index is 0.142. The number of fused-ring (bicyclic) bond motifs is 9. The lowest BCUT2D eigenvalue weighted by Gasteiger charge is -2.19. The lowest BCUT2D eigenvalue weighted by atomic mass is 9.86. The van der Waals surface area contributed by atoms with E-state index in [4.69, 9.17) is 0 Å². The Hall–Kier alpha value is -3.72. The van der Waals surface area contributed by atoms with Crippen LogP contribution in [0.25, 0.3) is 42.8 Å². The maximum Gasteiger partial charge on any atom is 0.0549 e. The summed E-state index contributed by atoms with van der Waals surface area (Å²) in [5.74, 6) is 0. The number of hydrogen-bond acceptors (Lipinski definition) is 2. The molecule has 8 rings (SSSR count). The van der Waals surface area contributed by atoms with Gasteiger partial charge in [0, 0.05) is 31.3 Å². The Morgan fingerprint density at radius 2 is 0.738 bits per heavy atom. The third-order valence-corrected chi connectivity index (χ3v) is 11.6. The number of benzene rings is 4. The fourth-order valence-corrected chi connectivity index (χ4v) is 9.80. The summed E-state index contributed by atoms with van der Waals surface area (Å²) in [6.07, 6.45) is 0. The summed E-state index contributed by atoms with van der Waals surface area (Å²) in [6.45, 7) is 13.7. The molecule has 0 nitrogen and oxygen atoms in total. The quantitative estimate of drug-likeness (QED) is 0.191. The molecule has 42 heavy (non-hydrogen) atoms. The highest BCUT2D eigenvalue weighted by atomic mass is 32.1. The van der Waals surface area contributed by atoms with Crippen LogP contribution in [0.4, 0.5) is 0 Å². The van der Waals surface area contributed by atoms with E-state index >= 15 is 0 Å². The topological polar surface area (TPSA) is 0 Å². The zero-order chi connectivity index (χ0) is 29.0. The van der Waals surface area contributed by atoms with E-state index in [0.29, 0.717) is 0 Å². The van der Waals surface area contributed by atoms with Crippen molar-refractivity contribution in [1.29, 1.82) is 0 Å². The summed E-state index contributed by atoms with van der Waals surface area (Å²) in [6, 6.07) is 36.7. The van der Waals surface area contributed by atoms with Gasteiger partial charge in [0.15, 0.2) is 0 Å². The molecule has 0 radical (unpaired) electrons. The standard InChI is InChI=1S/C40H34S2/c1-39(2,3)25-19-15-23(16-20-25)31-27-11-7-9-13-29(27)33-35(31)41-38-34-30-14-10-8-12-28(30)32(36(34)42-37(33)38)24-17-21-26(22-18-24)40(4,5)6/h7-22H,1-6H3. The molecule has 0 N–H and O–H groups in total. The van der Waals surface area contributed by atoms with Crippen LogP contribution in [0.2, 0.25) is 0 Å². The molecule has 2 heterocycles. The summed E-state index contributed by atoms with van der Waals surface area (Å²) in [5, 5.41) is 0. The second-order valence-corrected chi connectivity index (χ2v) is 15.8. The van der Waals surface area contributed by atoms with Gasteiger partial charge in [0.25, 0.3) is 0 Å². The van der Waals surface area contributed by atoms with Gasteiger partial charge in [0.1, 0.15) is 0 Å². The van der Waals surface area contributed by atoms with Crippen molar-refractivity contribution >= 4 is 43.2 Å². The molecular weight excluding hydrogens is 545 g/mol. The fourth-order valence-electron chi connectivity index (χ4n) is 6.71. The summed E-state index contributed by atoms with van der Waals surface area (Å²) >= 11 is 3.99. The van der Waals surface area contributed by atoms with Crippen molar-refractivity contribution in [3.63, 3.8) is 0 Å². The van der Waals surface area contributed by atoms with Crippen molar-refractivity contribution in [2.75, 3.05) is 0 Å². The maximum absolute atomic E-state index is 2.34. The molecule has 0 unspecified atom stereocenters. The van der Waals surface area contributed by atoms with Gasteiger partial charge in [-0.3, -0.25) is 0 Å². The van der Waals surface area contributed by atoms with Crippen LogP contribution in [0.15, 0.2) is 97.1 Å². The first kappa shape index (κ1) is 25.9. The highest BCUT2D eigenvalue weighted by molar-refractivity contribution is 7.28. The minimum Gasteiger partial charge on any atom is -0.133 e. The van der Waals surface area contributed by atoms with E-state index in [-0.39, 0.29) is 10.8 Å². The summed E-state index contributed by atoms with van der Waals surface area (Å²) in [7, 11) is 0. The Morgan fingerprint density at radius 3 is 1.07 bits per heavy atom. The van der Waals surface area contributed by atoms with E-state index in [0.717, 1.165) is 0 Å². The van der Waals surface area contributed by atoms with Gasteiger partial charge in [0.2, 0.25) is 0 Å². The van der Waals surface area contributed by atoms with E-state index in [1.807, 2.05) is 22.7 Å². The van der Waals surface area contributed by atoms with Crippen LogP contribution in [0.1, 0.15) is 74.9 Å². The van der Waals surface area contributed by atoms with Gasteiger partial charge in [0.05, 0.1) is 9.40 Å². The Labute approximate surface area is 256 Å². The summed E-state index contributed by atoms with van der Waals surface area (Å²) < 4.78 is 5.72. The zero-order valence-corrected chi connectivity index (χ0v) is 26.7. The highest BCUT2D eigenvalue weighted by Crippen LogP contribution is 2.49. The van der Waals surface area contributed by atoms with Crippen LogP contribution in [0.5, 0.6) is 0 Å². The predicted molar refractivity (Wildman–Crippen MR) is 183 cm³/mol. The van der Waals surface area contributed by atoms with Gasteiger partial charge < -0.3 is 0 Å². The molecule has 0 atom stereocenters. The molecule has 2 heteroatoms. The monoisotopic (exact) mass is 578 g/mol. The fraction of sp³-hybridized carbons (Fsp3) is 0.200. The Kier molecular flexibility index (Phi) is 5.49. The molecule has 2 aliphatic rings. The van der Waals surface area contributed by atoms with E-state index < -0.39 is 0 Å². The molecule has 0 spiro atoms. The van der Waals surface area contributed by atoms with Gasteiger partial charge in [-0.2, -0.15) is 0 Å². The van der Waals surface area contributed by atoms with E-state index in [2.05, 4.69) is 139 Å². The van der Waals surface area contributed by atoms with Crippen molar-refractivity contribution in [1.82, 2.24) is 0 Å². The average Bonchev–Trinajstić information content (AvgIpc) is 3.67. The van der Waals surface area contributed by atoms with Crippen LogP contribution in [-0.4, -0.2) is 0 Å². The van der Waals surface area contributed by atoms with Gasteiger partial charge in [-0.15, -0.1) is 22.7 Å². The van der Waals surface area contributed by atoms with Crippen molar-refractivity contribution < 1.29 is 0 Å². The number of thiophene rings is 2. The number of hydrogen-bond donors (Lipinski definition) is 0. The van der Waals surface area contributed by atoms with Gasteiger partial charge in [-0.05, 0) is 55.3 Å². The molecule has 0 fully saturated rings. The first-order valence-electron chi connectivity index (χ1n) is 14.9. The van der Waals surface area contributed by atoms with Crippen molar-refractivity contribution in [3.8, 4) is 22.3 Å². The third kappa shape index (κ3) is 3.71. The average molecular weight is 579 g/mol. The number of rotatable bonds is 2. The van der Waals surface area contributed by atoms with Crippen molar-refractivity contribution in [2.24, 2.45) is 0 Å². The maximum atomic E-state index is 2.34. The second-order valence-electron chi connectivity index (χ2n) is 13.8. The lowest BCUT2D eigenvalue weighted by Crippen LogP contribution is -2.11. The largest absolute Gasteiger partial charge is 0.133 e. The molecule has 0 saturated heterocycles. The molecule has 2 aliphatic carbocycles. The van der Waals surface area contributed by atoms with Crippen LogP contribution in [-0.2, 0) is 10.8 Å². The molecule has 0 aliphatic heterocycles. The first-order chi connectivity index (χ1) is 20.1. The smallest absolute Gasteiger partial charge is 0.0549 e. The molecule has 206 valence electrons. The molecular formula is C40H34S2. The van der Waals surface area contributed by atoms with E-state index in [9.17, 15) is 0 Å². The van der Waals surface area contributed by atoms with Crippen LogP contribution >= 0.6 is 22.7 Å². The minimum atomic E-state index is 0.142. The summed E-state index contributed by atoms with van der Waals surface area (Å²) in [5.41, 5.74) is 16.8. The molecule has 4 aromatic carbocycles. The summed E-state index contributed by atoms with van der Waals surface area (Å²) in [4.78, 5) is 0. The first-order valence-corrected chi connectivity index (χ1v) is 16.5. The predicted octanol–water partition coefficient (Wildman–Crippen LogP) is 10.0. The van der Waals surface area contributed by atoms with E-state index in [1.165, 1.54) is 85.2 Å². The lowest BCUT2D eigenvalue weighted by molar-refractivity contribution is 0.590. The van der Waals surface area contributed by atoms with Crippen LogP contribution < -0.4 is 9.06 Å². The molecule has 0 amide bonds. The molecule has 2 aromatic heterocycles. The van der Waals surface area contributed by atoms with Crippen LogP contribution in [0, 0.1) is 0 Å². The van der Waals surface area contributed by atoms with Gasteiger partial charge in [-0.25, -0.2) is 0 Å². The Morgan fingerprint density at radius 1 is 0.405 bits per heavy atom.